The fraction of sp³-hybridized carbons (Fsp3) is 0.412. The number of rotatable bonds is 4. The molecule has 10 heteroatoms. The van der Waals surface area contributed by atoms with Gasteiger partial charge in [0.2, 0.25) is 10.0 Å². The number of hydrogen-bond donors (Lipinski definition) is 1. The van der Waals surface area contributed by atoms with Gasteiger partial charge in [-0.25, -0.2) is 17.9 Å². The van der Waals surface area contributed by atoms with Crippen LogP contribution in [0, 0.1) is 0 Å². The van der Waals surface area contributed by atoms with Crippen LogP contribution >= 0.6 is 0 Å². The lowest BCUT2D eigenvalue weighted by Gasteiger charge is -2.33. The summed E-state index contributed by atoms with van der Waals surface area (Å²) in [5, 5.41) is 4.18. The Balaban J connectivity index is 1.55. The van der Waals surface area contributed by atoms with E-state index in [2.05, 4.69) is 14.7 Å². The van der Waals surface area contributed by atoms with E-state index < -0.39 is 15.8 Å². The Morgan fingerprint density at radius 1 is 1.30 bits per heavy atom. The first-order valence-electron chi connectivity index (χ1n) is 8.69. The molecule has 2 aromatic heterocycles. The van der Waals surface area contributed by atoms with Crippen molar-refractivity contribution in [1.82, 2.24) is 19.1 Å². The van der Waals surface area contributed by atoms with Crippen LogP contribution in [0.25, 0.3) is 11.1 Å². The number of sulfonamides is 1. The fourth-order valence-electron chi connectivity index (χ4n) is 3.45. The number of hydrogen-bond acceptors (Lipinski definition) is 6. The van der Waals surface area contributed by atoms with Crippen LogP contribution in [0.3, 0.4) is 0 Å². The van der Waals surface area contributed by atoms with Gasteiger partial charge >= 0.3 is 5.76 Å². The summed E-state index contributed by atoms with van der Waals surface area (Å²) in [6, 6.07) is 4.25. The number of nitrogens with one attached hydrogen (secondary N) is 1. The predicted octanol–water partition coefficient (Wildman–Crippen LogP) is 0.812. The number of oxazole rings is 1. The molecule has 0 saturated carbocycles. The van der Waals surface area contributed by atoms with E-state index in [1.165, 1.54) is 16.7 Å². The van der Waals surface area contributed by atoms with Crippen LogP contribution in [0.1, 0.15) is 12.8 Å². The van der Waals surface area contributed by atoms with Crippen molar-refractivity contribution in [1.29, 1.82) is 0 Å². The third-order valence-electron chi connectivity index (χ3n) is 4.87. The molecule has 0 aliphatic carbocycles. The Bertz CT molecular complexity index is 1140. The van der Waals surface area contributed by atoms with E-state index in [4.69, 9.17) is 4.42 Å². The molecule has 0 unspecified atom stereocenters. The normalized spacial score (nSPS) is 18.3. The second-order valence-electron chi connectivity index (χ2n) is 6.84. The maximum atomic E-state index is 12.8. The summed E-state index contributed by atoms with van der Waals surface area (Å²) in [5.74, 6) is -0.521. The minimum Gasteiger partial charge on any atom is -0.408 e. The Morgan fingerprint density at radius 3 is 2.85 bits per heavy atom. The first-order chi connectivity index (χ1) is 12.8. The Kier molecular flexibility index (Phi) is 4.31. The second-order valence-corrected chi connectivity index (χ2v) is 8.55. The number of anilines is 1. The summed E-state index contributed by atoms with van der Waals surface area (Å²) in [6.07, 6.45) is 5.35. The molecule has 0 bridgehead atoms. The predicted molar refractivity (Wildman–Crippen MR) is 100 cm³/mol. The lowest BCUT2D eigenvalue weighted by molar-refractivity contribution is 0.466. The topological polar surface area (TPSA) is 102 Å². The number of nitrogens with zero attached hydrogens (tertiary/aromatic N) is 4. The lowest BCUT2D eigenvalue weighted by atomic mass is 10.1. The van der Waals surface area contributed by atoms with E-state index in [-0.39, 0.29) is 16.5 Å². The number of benzene rings is 1. The summed E-state index contributed by atoms with van der Waals surface area (Å²) in [4.78, 5) is 13.8. The minimum atomic E-state index is -3.72. The summed E-state index contributed by atoms with van der Waals surface area (Å²) in [7, 11) is -0.292. The van der Waals surface area contributed by atoms with E-state index in [0.29, 0.717) is 12.1 Å². The van der Waals surface area contributed by atoms with E-state index in [1.807, 2.05) is 13.2 Å². The van der Waals surface area contributed by atoms with Crippen molar-refractivity contribution in [2.75, 3.05) is 18.0 Å². The first-order valence-corrected chi connectivity index (χ1v) is 10.2. The Morgan fingerprint density at radius 2 is 2.11 bits per heavy atom. The van der Waals surface area contributed by atoms with Crippen LogP contribution < -0.4 is 15.4 Å². The highest BCUT2D eigenvalue weighted by Gasteiger charge is 2.26. The van der Waals surface area contributed by atoms with Crippen molar-refractivity contribution in [3.63, 3.8) is 0 Å². The number of aryl methyl sites for hydroxylation is 2. The molecular formula is C17H21N5O4S. The molecule has 1 aromatic carbocycles. The molecular weight excluding hydrogens is 370 g/mol. The van der Waals surface area contributed by atoms with Gasteiger partial charge in [-0.1, -0.05) is 0 Å². The summed E-state index contributed by atoms with van der Waals surface area (Å²) >= 11 is 0. The van der Waals surface area contributed by atoms with Gasteiger partial charge in [-0.15, -0.1) is 0 Å². The molecule has 1 aliphatic heterocycles. The maximum Gasteiger partial charge on any atom is 0.419 e. The zero-order valence-electron chi connectivity index (χ0n) is 15.1. The SMILES string of the molecule is Cn1cc(N2CCC[C@H](NS(=O)(=O)c3ccc4c(c3)oc(=O)n4C)C2)cn1. The van der Waals surface area contributed by atoms with Crippen molar-refractivity contribution in [2.24, 2.45) is 14.1 Å². The monoisotopic (exact) mass is 391 g/mol. The lowest BCUT2D eigenvalue weighted by Crippen LogP contribution is -2.47. The number of fused-ring (bicyclic) bond motifs is 1. The molecule has 1 fully saturated rings. The maximum absolute atomic E-state index is 12.8. The number of piperidine rings is 1. The van der Waals surface area contributed by atoms with Crippen LogP contribution in [0.15, 0.2) is 44.7 Å². The van der Waals surface area contributed by atoms with Gasteiger partial charge in [0, 0.05) is 45.5 Å². The second kappa shape index (κ2) is 6.54. The number of aromatic nitrogens is 3. The highest BCUT2D eigenvalue weighted by atomic mass is 32.2. The molecule has 1 N–H and O–H groups in total. The van der Waals surface area contributed by atoms with Gasteiger partial charge in [-0.2, -0.15) is 5.10 Å². The zero-order chi connectivity index (χ0) is 19.2. The van der Waals surface area contributed by atoms with Crippen molar-refractivity contribution in [3.05, 3.63) is 41.1 Å². The smallest absolute Gasteiger partial charge is 0.408 e. The molecule has 0 radical (unpaired) electrons. The average Bonchev–Trinajstić information content (AvgIpc) is 3.18. The minimum absolute atomic E-state index is 0.0860. The van der Waals surface area contributed by atoms with Crippen molar-refractivity contribution < 1.29 is 12.8 Å². The van der Waals surface area contributed by atoms with Crippen molar-refractivity contribution >= 4 is 26.8 Å². The van der Waals surface area contributed by atoms with Crippen LogP contribution in [-0.4, -0.2) is 41.9 Å². The largest absolute Gasteiger partial charge is 0.419 e. The Hall–Kier alpha value is -2.59. The molecule has 0 amide bonds. The quantitative estimate of drug-likeness (QED) is 0.706. The van der Waals surface area contributed by atoms with E-state index in [0.717, 1.165) is 25.1 Å². The van der Waals surface area contributed by atoms with E-state index in [1.54, 1.807) is 24.0 Å². The highest BCUT2D eigenvalue weighted by molar-refractivity contribution is 7.89. The van der Waals surface area contributed by atoms with Gasteiger partial charge in [-0.05, 0) is 25.0 Å². The van der Waals surface area contributed by atoms with E-state index >= 15 is 0 Å². The average molecular weight is 391 g/mol. The van der Waals surface area contributed by atoms with Crippen LogP contribution in [-0.2, 0) is 24.1 Å². The molecule has 1 saturated heterocycles. The van der Waals surface area contributed by atoms with Gasteiger partial charge in [0.05, 0.1) is 22.3 Å². The zero-order valence-corrected chi connectivity index (χ0v) is 15.9. The molecule has 1 atom stereocenters. The Labute approximate surface area is 156 Å². The summed E-state index contributed by atoms with van der Waals surface area (Å²) < 4.78 is 36.6. The third kappa shape index (κ3) is 3.37. The summed E-state index contributed by atoms with van der Waals surface area (Å²) in [6.45, 7) is 1.44. The standard InChI is InChI=1S/C17H21N5O4S/c1-20-11-13(9-18-20)22-7-3-4-12(10-22)19-27(24,25)14-5-6-15-16(8-14)26-17(23)21(15)2/h5-6,8-9,11-12,19H,3-4,7,10H2,1-2H3/t12-/m0/s1. The molecule has 3 aromatic rings. The highest BCUT2D eigenvalue weighted by Crippen LogP contribution is 2.22. The molecule has 3 heterocycles. The van der Waals surface area contributed by atoms with Crippen LogP contribution in [0.2, 0.25) is 0 Å². The molecule has 0 spiro atoms. The van der Waals surface area contributed by atoms with Gasteiger partial charge in [0.15, 0.2) is 5.58 Å². The van der Waals surface area contributed by atoms with Gasteiger partial charge in [0.25, 0.3) is 0 Å². The summed E-state index contributed by atoms with van der Waals surface area (Å²) in [5.41, 5.74) is 1.79. The van der Waals surface area contributed by atoms with Crippen molar-refractivity contribution in [2.45, 2.75) is 23.8 Å². The first kappa shape index (κ1) is 17.8. The van der Waals surface area contributed by atoms with Gasteiger partial charge in [-0.3, -0.25) is 9.25 Å². The van der Waals surface area contributed by atoms with Crippen molar-refractivity contribution in [3.8, 4) is 0 Å². The van der Waals surface area contributed by atoms with E-state index in [9.17, 15) is 13.2 Å². The molecule has 9 nitrogen and oxygen atoms in total. The fourth-order valence-corrected chi connectivity index (χ4v) is 4.72. The van der Waals surface area contributed by atoms with Crippen LogP contribution in [0.4, 0.5) is 5.69 Å². The molecule has 144 valence electrons. The van der Waals surface area contributed by atoms with Gasteiger partial charge < -0.3 is 9.32 Å². The van der Waals surface area contributed by atoms with Crippen LogP contribution in [0.5, 0.6) is 0 Å². The molecule has 27 heavy (non-hydrogen) atoms. The van der Waals surface area contributed by atoms with Gasteiger partial charge in [0.1, 0.15) is 0 Å². The molecule has 4 rings (SSSR count). The third-order valence-corrected chi connectivity index (χ3v) is 6.39. The molecule has 1 aliphatic rings.